The largest absolute Gasteiger partial charge is 0.325 e. The van der Waals surface area contributed by atoms with Crippen molar-refractivity contribution in [3.63, 3.8) is 0 Å². The zero-order valence-electron chi connectivity index (χ0n) is 20.4. The Morgan fingerprint density at radius 2 is 0.929 bits per heavy atom. The van der Waals surface area contributed by atoms with E-state index in [9.17, 15) is 0 Å². The van der Waals surface area contributed by atoms with Gasteiger partial charge in [0.1, 0.15) is 0 Å². The topological polar surface area (TPSA) is 26.0 Å². The van der Waals surface area contributed by atoms with Gasteiger partial charge in [-0.15, -0.1) is 12.4 Å². The van der Waals surface area contributed by atoms with Gasteiger partial charge in [-0.3, -0.25) is 0 Å². The first kappa shape index (κ1) is 30.4. The van der Waals surface area contributed by atoms with Crippen LogP contribution in [0.5, 0.6) is 0 Å². The number of unbranched alkanes of at least 4 members (excludes halogenated alkanes) is 13. The highest BCUT2D eigenvalue weighted by atomic mass is 35.5. The Morgan fingerprint density at radius 1 is 0.571 bits per heavy atom. The van der Waals surface area contributed by atoms with Crippen LogP contribution in [0.1, 0.15) is 150 Å². The summed E-state index contributed by atoms with van der Waals surface area (Å²) in [5, 5.41) is 0. The molecule has 0 amide bonds. The van der Waals surface area contributed by atoms with E-state index in [0.29, 0.717) is 5.92 Å². The number of halogens is 1. The first-order valence-corrected chi connectivity index (χ1v) is 12.7. The molecule has 0 heterocycles. The van der Waals surface area contributed by atoms with E-state index in [1.165, 1.54) is 116 Å². The fourth-order valence-corrected chi connectivity index (χ4v) is 4.25. The molecular weight excluding hydrogens is 362 g/mol. The van der Waals surface area contributed by atoms with Gasteiger partial charge in [0.25, 0.3) is 0 Å². The summed E-state index contributed by atoms with van der Waals surface area (Å²) in [6, 6.07) is 0. The molecule has 1 atom stereocenters. The van der Waals surface area contributed by atoms with Gasteiger partial charge in [-0.25, -0.2) is 0 Å². The van der Waals surface area contributed by atoms with Crippen molar-refractivity contribution in [2.75, 3.05) is 0 Å². The quantitative estimate of drug-likeness (QED) is 0.196. The van der Waals surface area contributed by atoms with Gasteiger partial charge in [0.2, 0.25) is 0 Å². The minimum absolute atomic E-state index is 0. The van der Waals surface area contributed by atoms with Crippen molar-refractivity contribution in [2.45, 2.75) is 156 Å². The molecule has 28 heavy (non-hydrogen) atoms. The summed E-state index contributed by atoms with van der Waals surface area (Å²) in [5.41, 5.74) is 6.44. The Labute approximate surface area is 185 Å². The van der Waals surface area contributed by atoms with Gasteiger partial charge in [-0.05, 0) is 38.5 Å². The van der Waals surface area contributed by atoms with E-state index in [1.807, 2.05) is 0 Å². The molecule has 0 radical (unpaired) electrons. The average molecular weight is 418 g/mol. The molecule has 0 bridgehead atoms. The average Bonchev–Trinajstić information content (AvgIpc) is 2.59. The van der Waals surface area contributed by atoms with Crippen molar-refractivity contribution >= 4 is 12.4 Å². The minimum atomic E-state index is -0.00643. The molecule has 0 saturated heterocycles. The molecule has 0 aliphatic carbocycles. The first-order chi connectivity index (χ1) is 12.9. The molecule has 0 fully saturated rings. The third-order valence-electron chi connectivity index (χ3n) is 6.29. The summed E-state index contributed by atoms with van der Waals surface area (Å²) in [6.07, 6.45) is 25.5. The maximum absolute atomic E-state index is 6.45. The highest BCUT2D eigenvalue weighted by Crippen LogP contribution is 2.27. The van der Waals surface area contributed by atoms with Crippen LogP contribution in [0.15, 0.2) is 0 Å². The lowest BCUT2D eigenvalue weighted by molar-refractivity contribution is 0.264. The molecule has 0 aromatic heterocycles. The van der Waals surface area contributed by atoms with Gasteiger partial charge in [0, 0.05) is 5.54 Å². The van der Waals surface area contributed by atoms with Crippen molar-refractivity contribution in [3.05, 3.63) is 0 Å². The molecular formula is C26H56ClN. The predicted octanol–water partition coefficient (Wildman–Crippen LogP) is 9.46. The van der Waals surface area contributed by atoms with Gasteiger partial charge in [0.05, 0.1) is 0 Å². The highest BCUT2D eigenvalue weighted by Gasteiger charge is 2.24. The van der Waals surface area contributed by atoms with Gasteiger partial charge in [0.15, 0.2) is 0 Å². The van der Waals surface area contributed by atoms with Crippen molar-refractivity contribution in [3.8, 4) is 0 Å². The Morgan fingerprint density at radius 3 is 1.29 bits per heavy atom. The lowest BCUT2D eigenvalue weighted by atomic mass is 9.80. The van der Waals surface area contributed by atoms with Crippen molar-refractivity contribution in [1.29, 1.82) is 0 Å². The van der Waals surface area contributed by atoms with Crippen molar-refractivity contribution in [1.82, 2.24) is 0 Å². The van der Waals surface area contributed by atoms with Crippen molar-refractivity contribution < 1.29 is 0 Å². The van der Waals surface area contributed by atoms with E-state index in [0.717, 1.165) is 5.92 Å². The molecule has 0 aliphatic rings. The second-order valence-electron chi connectivity index (χ2n) is 10.2. The summed E-state index contributed by atoms with van der Waals surface area (Å²) < 4.78 is 0. The number of hydrogen-bond donors (Lipinski definition) is 1. The molecule has 2 N–H and O–H groups in total. The molecule has 0 aliphatic heterocycles. The normalized spacial score (nSPS) is 13.0. The van der Waals surface area contributed by atoms with Crippen LogP contribution in [0.2, 0.25) is 0 Å². The SMILES string of the molecule is CCCCCCCCCCCCCCCCC(CCCC(C)C)C(C)(C)N.Cl. The maximum atomic E-state index is 6.45. The minimum Gasteiger partial charge on any atom is -0.325 e. The van der Waals surface area contributed by atoms with Crippen molar-refractivity contribution in [2.24, 2.45) is 17.6 Å². The Kier molecular flexibility index (Phi) is 22.3. The molecule has 0 saturated carbocycles. The van der Waals surface area contributed by atoms with Gasteiger partial charge in [-0.2, -0.15) is 0 Å². The molecule has 0 rings (SSSR count). The third-order valence-corrected chi connectivity index (χ3v) is 6.29. The van der Waals surface area contributed by atoms with Gasteiger partial charge in [-0.1, -0.05) is 124 Å². The fraction of sp³-hybridized carbons (Fsp3) is 1.00. The molecule has 172 valence electrons. The maximum Gasteiger partial charge on any atom is 0.0125 e. The molecule has 1 nitrogen and oxygen atoms in total. The lowest BCUT2D eigenvalue weighted by Crippen LogP contribution is -2.40. The van der Waals surface area contributed by atoms with Crippen LogP contribution < -0.4 is 5.73 Å². The van der Waals surface area contributed by atoms with Crippen LogP contribution in [0.4, 0.5) is 0 Å². The van der Waals surface area contributed by atoms with E-state index in [2.05, 4.69) is 34.6 Å². The summed E-state index contributed by atoms with van der Waals surface area (Å²) in [5.74, 6) is 1.53. The Bertz CT molecular complexity index is 295. The van der Waals surface area contributed by atoms with Crippen LogP contribution in [0, 0.1) is 11.8 Å². The summed E-state index contributed by atoms with van der Waals surface area (Å²) in [6.45, 7) is 11.4. The highest BCUT2D eigenvalue weighted by molar-refractivity contribution is 5.85. The third kappa shape index (κ3) is 21.0. The Hall–Kier alpha value is 0.250. The lowest BCUT2D eigenvalue weighted by Gasteiger charge is -2.31. The number of rotatable bonds is 20. The smallest absolute Gasteiger partial charge is 0.0125 e. The first-order valence-electron chi connectivity index (χ1n) is 12.7. The van der Waals surface area contributed by atoms with Gasteiger partial charge < -0.3 is 5.73 Å². The predicted molar refractivity (Wildman–Crippen MR) is 133 cm³/mol. The standard InChI is InChI=1S/C26H55N.ClH/c1-6-7-8-9-10-11-12-13-14-15-16-17-18-19-22-25(26(4,5)27)23-20-21-24(2)3;/h24-25H,6-23,27H2,1-5H3;1H. The summed E-state index contributed by atoms with van der Waals surface area (Å²) in [4.78, 5) is 0. The molecule has 0 aromatic carbocycles. The van der Waals surface area contributed by atoms with E-state index in [4.69, 9.17) is 5.73 Å². The van der Waals surface area contributed by atoms with E-state index in [1.54, 1.807) is 0 Å². The zero-order chi connectivity index (χ0) is 20.4. The van der Waals surface area contributed by atoms with E-state index < -0.39 is 0 Å². The second kappa shape index (κ2) is 20.5. The van der Waals surface area contributed by atoms with Crippen LogP contribution >= 0.6 is 12.4 Å². The van der Waals surface area contributed by atoms with Crippen LogP contribution in [-0.4, -0.2) is 5.54 Å². The van der Waals surface area contributed by atoms with Crippen LogP contribution in [0.25, 0.3) is 0 Å². The summed E-state index contributed by atoms with van der Waals surface area (Å²) in [7, 11) is 0. The van der Waals surface area contributed by atoms with E-state index >= 15 is 0 Å². The zero-order valence-corrected chi connectivity index (χ0v) is 21.2. The molecule has 0 spiro atoms. The Balaban J connectivity index is 0. The van der Waals surface area contributed by atoms with Crippen LogP contribution in [-0.2, 0) is 0 Å². The second-order valence-corrected chi connectivity index (χ2v) is 10.2. The van der Waals surface area contributed by atoms with E-state index in [-0.39, 0.29) is 17.9 Å². The molecule has 0 aromatic rings. The molecule has 2 heteroatoms. The van der Waals surface area contributed by atoms with Gasteiger partial charge >= 0.3 is 0 Å². The monoisotopic (exact) mass is 417 g/mol. The van der Waals surface area contributed by atoms with Crippen LogP contribution in [0.3, 0.4) is 0 Å². The fourth-order valence-electron chi connectivity index (χ4n) is 4.25. The molecule has 1 unspecified atom stereocenters. The summed E-state index contributed by atoms with van der Waals surface area (Å²) >= 11 is 0. The number of hydrogen-bond acceptors (Lipinski definition) is 1. The number of nitrogens with two attached hydrogens (primary N) is 1.